The standard InChI is InChI=1S/C14H13ClN2OS/c15-13-9-11(10-3-1-2-4-12(10)16-13)14(18)17-5-7-19-8-6-17/h1-4,9H,5-8H2. The number of amides is 1. The molecule has 2 heterocycles. The topological polar surface area (TPSA) is 33.2 Å². The van der Waals surface area contributed by atoms with Crippen LogP contribution in [0.15, 0.2) is 30.3 Å². The lowest BCUT2D eigenvalue weighted by Crippen LogP contribution is -2.38. The summed E-state index contributed by atoms with van der Waals surface area (Å²) < 4.78 is 0. The number of fused-ring (bicyclic) bond motifs is 1. The number of nitrogens with zero attached hydrogens (tertiary/aromatic N) is 2. The zero-order valence-corrected chi connectivity index (χ0v) is 11.9. The average molecular weight is 293 g/mol. The Morgan fingerprint density at radius 3 is 2.79 bits per heavy atom. The monoisotopic (exact) mass is 292 g/mol. The van der Waals surface area contributed by atoms with Crippen LogP contribution in [-0.4, -0.2) is 40.4 Å². The second-order valence-corrected chi connectivity index (χ2v) is 6.03. The maximum Gasteiger partial charge on any atom is 0.254 e. The first kappa shape index (κ1) is 12.8. The lowest BCUT2D eigenvalue weighted by molar-refractivity contribution is 0.0774. The molecular weight excluding hydrogens is 280 g/mol. The van der Waals surface area contributed by atoms with Crippen LogP contribution in [-0.2, 0) is 0 Å². The number of carbonyl (C=O) groups excluding carboxylic acids is 1. The summed E-state index contributed by atoms with van der Waals surface area (Å²) in [5, 5.41) is 1.24. The lowest BCUT2D eigenvalue weighted by Gasteiger charge is -2.26. The van der Waals surface area contributed by atoms with Gasteiger partial charge in [-0.25, -0.2) is 4.98 Å². The molecule has 19 heavy (non-hydrogen) atoms. The van der Waals surface area contributed by atoms with Gasteiger partial charge in [-0.2, -0.15) is 11.8 Å². The Bertz CT molecular complexity index is 626. The van der Waals surface area contributed by atoms with Crippen LogP contribution in [0.2, 0.25) is 5.15 Å². The van der Waals surface area contributed by atoms with E-state index in [2.05, 4.69) is 4.98 Å². The maximum atomic E-state index is 12.6. The first-order chi connectivity index (χ1) is 9.25. The highest BCUT2D eigenvalue weighted by molar-refractivity contribution is 7.99. The van der Waals surface area contributed by atoms with Crippen molar-refractivity contribution in [1.29, 1.82) is 0 Å². The van der Waals surface area contributed by atoms with E-state index in [0.717, 1.165) is 35.5 Å². The summed E-state index contributed by atoms with van der Waals surface area (Å²) in [6.45, 7) is 1.61. The van der Waals surface area contributed by atoms with Crippen LogP contribution >= 0.6 is 23.4 Å². The largest absolute Gasteiger partial charge is 0.337 e. The molecule has 1 amide bonds. The van der Waals surface area contributed by atoms with Crippen molar-refractivity contribution in [3.63, 3.8) is 0 Å². The molecule has 0 radical (unpaired) electrons. The van der Waals surface area contributed by atoms with Crippen LogP contribution in [0, 0.1) is 0 Å². The Labute approximate surface area is 120 Å². The molecule has 1 aromatic heterocycles. The fourth-order valence-electron chi connectivity index (χ4n) is 2.26. The summed E-state index contributed by atoms with van der Waals surface area (Å²) in [6.07, 6.45) is 0. The summed E-state index contributed by atoms with van der Waals surface area (Å²) >= 11 is 7.91. The molecule has 98 valence electrons. The summed E-state index contributed by atoms with van der Waals surface area (Å²) in [5.41, 5.74) is 1.42. The van der Waals surface area contributed by atoms with Gasteiger partial charge in [-0.1, -0.05) is 29.8 Å². The molecule has 1 fully saturated rings. The molecule has 3 rings (SSSR count). The van der Waals surface area contributed by atoms with Crippen LogP contribution in [0.3, 0.4) is 0 Å². The van der Waals surface area contributed by atoms with E-state index < -0.39 is 0 Å². The van der Waals surface area contributed by atoms with Crippen LogP contribution in [0.25, 0.3) is 10.9 Å². The van der Waals surface area contributed by atoms with Gasteiger partial charge in [0.2, 0.25) is 0 Å². The van der Waals surface area contributed by atoms with Gasteiger partial charge < -0.3 is 4.90 Å². The fourth-order valence-corrected chi connectivity index (χ4v) is 3.36. The normalized spacial score (nSPS) is 15.7. The fraction of sp³-hybridized carbons (Fsp3) is 0.286. The van der Waals surface area contributed by atoms with Gasteiger partial charge in [-0.15, -0.1) is 0 Å². The molecular formula is C14H13ClN2OS. The minimum atomic E-state index is 0.0563. The van der Waals surface area contributed by atoms with Crippen molar-refractivity contribution in [2.45, 2.75) is 0 Å². The van der Waals surface area contributed by atoms with Crippen LogP contribution in [0.1, 0.15) is 10.4 Å². The molecule has 1 saturated heterocycles. The molecule has 1 aliphatic rings. The summed E-state index contributed by atoms with van der Waals surface area (Å²) in [4.78, 5) is 18.7. The van der Waals surface area contributed by atoms with E-state index in [1.807, 2.05) is 40.9 Å². The third kappa shape index (κ3) is 2.55. The Morgan fingerprint density at radius 2 is 2.00 bits per heavy atom. The van der Waals surface area contributed by atoms with E-state index in [9.17, 15) is 4.79 Å². The number of halogens is 1. The highest BCUT2D eigenvalue weighted by Crippen LogP contribution is 2.23. The number of pyridine rings is 1. The molecule has 0 unspecified atom stereocenters. The number of carbonyl (C=O) groups is 1. The van der Waals surface area contributed by atoms with Crippen molar-refractivity contribution in [3.8, 4) is 0 Å². The van der Waals surface area contributed by atoms with Gasteiger partial charge in [-0.3, -0.25) is 4.79 Å². The highest BCUT2D eigenvalue weighted by atomic mass is 35.5. The second-order valence-electron chi connectivity index (χ2n) is 4.41. The van der Waals surface area contributed by atoms with Crippen molar-refractivity contribution in [3.05, 3.63) is 41.0 Å². The van der Waals surface area contributed by atoms with Gasteiger partial charge >= 0.3 is 0 Å². The molecule has 3 nitrogen and oxygen atoms in total. The average Bonchev–Trinajstić information content (AvgIpc) is 2.46. The van der Waals surface area contributed by atoms with Gasteiger partial charge in [0.25, 0.3) is 5.91 Å². The molecule has 1 aliphatic heterocycles. The smallest absolute Gasteiger partial charge is 0.254 e. The van der Waals surface area contributed by atoms with Gasteiger partial charge in [0.15, 0.2) is 0 Å². The highest BCUT2D eigenvalue weighted by Gasteiger charge is 2.21. The Kier molecular flexibility index (Phi) is 3.62. The van der Waals surface area contributed by atoms with Crippen molar-refractivity contribution in [1.82, 2.24) is 9.88 Å². The predicted octanol–water partition coefficient (Wildman–Crippen LogP) is 3.08. The summed E-state index contributed by atoms with van der Waals surface area (Å²) in [5.74, 6) is 2.06. The predicted molar refractivity (Wildman–Crippen MR) is 80.0 cm³/mol. The van der Waals surface area contributed by atoms with Crippen LogP contribution in [0.4, 0.5) is 0 Å². The first-order valence-electron chi connectivity index (χ1n) is 6.18. The molecule has 0 atom stereocenters. The third-order valence-corrected chi connectivity index (χ3v) is 4.35. The van der Waals surface area contributed by atoms with Gasteiger partial charge in [0, 0.05) is 30.0 Å². The molecule has 0 aliphatic carbocycles. The van der Waals surface area contributed by atoms with E-state index in [1.54, 1.807) is 6.07 Å². The lowest BCUT2D eigenvalue weighted by atomic mass is 10.1. The number of thioether (sulfide) groups is 1. The molecule has 0 spiro atoms. The minimum Gasteiger partial charge on any atom is -0.337 e. The molecule has 0 saturated carbocycles. The number of aromatic nitrogens is 1. The van der Waals surface area contributed by atoms with Gasteiger partial charge in [0.1, 0.15) is 5.15 Å². The van der Waals surface area contributed by atoms with E-state index in [4.69, 9.17) is 11.6 Å². The van der Waals surface area contributed by atoms with Gasteiger partial charge in [0.05, 0.1) is 11.1 Å². The summed E-state index contributed by atoms with van der Waals surface area (Å²) in [7, 11) is 0. The minimum absolute atomic E-state index is 0.0563. The van der Waals surface area contributed by atoms with E-state index in [0.29, 0.717) is 10.7 Å². The van der Waals surface area contributed by atoms with Crippen molar-refractivity contribution in [2.24, 2.45) is 0 Å². The van der Waals surface area contributed by atoms with Crippen LogP contribution in [0.5, 0.6) is 0 Å². The first-order valence-corrected chi connectivity index (χ1v) is 7.71. The van der Waals surface area contributed by atoms with E-state index in [-0.39, 0.29) is 5.91 Å². The number of benzene rings is 1. The zero-order valence-electron chi connectivity index (χ0n) is 10.3. The van der Waals surface area contributed by atoms with E-state index >= 15 is 0 Å². The molecule has 1 aromatic carbocycles. The Hall–Kier alpha value is -1.26. The van der Waals surface area contributed by atoms with Crippen molar-refractivity contribution in [2.75, 3.05) is 24.6 Å². The van der Waals surface area contributed by atoms with Crippen LogP contribution < -0.4 is 0 Å². The van der Waals surface area contributed by atoms with Crippen molar-refractivity contribution < 1.29 is 4.79 Å². The molecule has 0 bridgehead atoms. The Morgan fingerprint density at radius 1 is 1.26 bits per heavy atom. The number of rotatable bonds is 1. The van der Waals surface area contributed by atoms with E-state index in [1.165, 1.54) is 0 Å². The van der Waals surface area contributed by atoms with Crippen molar-refractivity contribution >= 4 is 40.2 Å². The SMILES string of the molecule is O=C(c1cc(Cl)nc2ccccc12)N1CCSCC1. The zero-order chi connectivity index (χ0) is 13.2. The maximum absolute atomic E-state index is 12.6. The number of hydrogen-bond acceptors (Lipinski definition) is 3. The number of hydrogen-bond donors (Lipinski definition) is 0. The second kappa shape index (κ2) is 5.39. The summed E-state index contributed by atoms with van der Waals surface area (Å²) in [6, 6.07) is 9.29. The van der Waals surface area contributed by atoms with Gasteiger partial charge in [-0.05, 0) is 12.1 Å². The molecule has 0 N–H and O–H groups in total. The Balaban J connectivity index is 2.05. The third-order valence-electron chi connectivity index (χ3n) is 3.21. The number of para-hydroxylation sites is 1. The quantitative estimate of drug-likeness (QED) is 0.757. The molecule has 5 heteroatoms. The molecule has 2 aromatic rings.